The molecule has 0 aliphatic rings. The summed E-state index contributed by atoms with van der Waals surface area (Å²) in [6.45, 7) is 1.45. The van der Waals surface area contributed by atoms with E-state index in [1.165, 1.54) is 6.26 Å². The van der Waals surface area contributed by atoms with Crippen molar-refractivity contribution in [3.63, 3.8) is 0 Å². The smallest absolute Gasteiger partial charge is 0.148 e. The lowest BCUT2D eigenvalue weighted by molar-refractivity contribution is 0.350. The van der Waals surface area contributed by atoms with E-state index in [4.69, 9.17) is 6.42 Å². The molecule has 0 atom stereocenters. The first-order valence-corrected chi connectivity index (χ1v) is 6.31. The molecule has 0 aromatic rings. The molecule has 0 N–H and O–H groups in total. The first-order chi connectivity index (χ1) is 5.95. The number of unbranched alkanes of at least 4 members (excludes halogenated alkanes) is 1. The van der Waals surface area contributed by atoms with Gasteiger partial charge in [-0.3, -0.25) is 0 Å². The predicted molar refractivity (Wildman–Crippen MR) is 55.3 cm³/mol. The molecule has 0 aromatic heterocycles. The monoisotopic (exact) mass is 203 g/mol. The van der Waals surface area contributed by atoms with Crippen LogP contribution in [0.4, 0.5) is 0 Å². The Labute approximate surface area is 81.0 Å². The second kappa shape index (κ2) is 6.01. The zero-order valence-electron chi connectivity index (χ0n) is 8.28. The maximum absolute atomic E-state index is 10.8. The van der Waals surface area contributed by atoms with Crippen LogP contribution in [0.3, 0.4) is 0 Å². The average molecular weight is 203 g/mol. The van der Waals surface area contributed by atoms with E-state index in [-0.39, 0.29) is 5.75 Å². The standard InChI is InChI=1S/C9H17NO2S/c1-4-5-6-7-10(2)8-9-13(3,11)12/h1H,5-9H2,2-3H3. The average Bonchev–Trinajstić information content (AvgIpc) is 2.00. The highest BCUT2D eigenvalue weighted by Crippen LogP contribution is 1.92. The molecule has 0 spiro atoms. The number of sulfone groups is 1. The van der Waals surface area contributed by atoms with Gasteiger partial charge in [0.25, 0.3) is 0 Å². The molecule has 0 amide bonds. The molecule has 13 heavy (non-hydrogen) atoms. The Bertz CT molecular complexity index is 264. The summed E-state index contributed by atoms with van der Waals surface area (Å²) in [5.74, 6) is 2.77. The minimum atomic E-state index is -2.83. The third-order valence-corrected chi connectivity index (χ3v) is 2.63. The van der Waals surface area contributed by atoms with Gasteiger partial charge in [0.2, 0.25) is 0 Å². The van der Waals surface area contributed by atoms with E-state index in [0.29, 0.717) is 6.54 Å². The first-order valence-electron chi connectivity index (χ1n) is 4.25. The van der Waals surface area contributed by atoms with Gasteiger partial charge >= 0.3 is 0 Å². The van der Waals surface area contributed by atoms with Crippen LogP contribution < -0.4 is 0 Å². The van der Waals surface area contributed by atoms with E-state index in [1.54, 1.807) is 0 Å². The molecule has 0 saturated heterocycles. The molecule has 0 radical (unpaired) electrons. The highest BCUT2D eigenvalue weighted by Gasteiger charge is 2.04. The lowest BCUT2D eigenvalue weighted by Crippen LogP contribution is -2.26. The summed E-state index contributed by atoms with van der Waals surface area (Å²) in [5, 5.41) is 0. The van der Waals surface area contributed by atoms with Crippen LogP contribution in [0.1, 0.15) is 12.8 Å². The maximum atomic E-state index is 10.8. The van der Waals surface area contributed by atoms with Crippen LogP contribution in [-0.4, -0.2) is 45.5 Å². The molecule has 0 fully saturated rings. The summed E-state index contributed by atoms with van der Waals surface area (Å²) in [6.07, 6.45) is 8.03. The van der Waals surface area contributed by atoms with Crippen molar-refractivity contribution in [2.75, 3.05) is 32.1 Å². The van der Waals surface area contributed by atoms with Crippen molar-refractivity contribution in [1.82, 2.24) is 4.90 Å². The SMILES string of the molecule is C#CCCCN(C)CCS(C)(=O)=O. The Morgan fingerprint density at radius 1 is 1.38 bits per heavy atom. The van der Waals surface area contributed by atoms with Gasteiger partial charge in [-0.25, -0.2) is 8.42 Å². The number of rotatable bonds is 6. The second-order valence-corrected chi connectivity index (χ2v) is 5.50. The number of hydrogen-bond donors (Lipinski definition) is 0. The summed E-state index contributed by atoms with van der Waals surface area (Å²) >= 11 is 0. The van der Waals surface area contributed by atoms with Crippen LogP contribution in [0.15, 0.2) is 0 Å². The lowest BCUT2D eigenvalue weighted by Gasteiger charge is -2.14. The summed E-state index contributed by atoms with van der Waals surface area (Å²) in [6, 6.07) is 0. The zero-order chi connectivity index (χ0) is 10.3. The van der Waals surface area contributed by atoms with Gasteiger partial charge in [0, 0.05) is 19.2 Å². The first kappa shape index (κ1) is 12.5. The summed E-state index contributed by atoms with van der Waals surface area (Å²) in [5.41, 5.74) is 0. The normalized spacial score (nSPS) is 11.5. The van der Waals surface area contributed by atoms with Gasteiger partial charge in [-0.05, 0) is 20.0 Å². The van der Waals surface area contributed by atoms with Crippen molar-refractivity contribution in [2.45, 2.75) is 12.8 Å². The topological polar surface area (TPSA) is 37.4 Å². The zero-order valence-corrected chi connectivity index (χ0v) is 9.10. The van der Waals surface area contributed by atoms with Crippen molar-refractivity contribution >= 4 is 9.84 Å². The van der Waals surface area contributed by atoms with E-state index < -0.39 is 9.84 Å². The fourth-order valence-corrected chi connectivity index (χ4v) is 1.53. The molecule has 0 unspecified atom stereocenters. The molecule has 0 saturated carbocycles. The fourth-order valence-electron chi connectivity index (χ4n) is 0.884. The van der Waals surface area contributed by atoms with Crippen LogP contribution in [0.2, 0.25) is 0 Å². The Kier molecular flexibility index (Phi) is 5.76. The lowest BCUT2D eigenvalue weighted by atomic mass is 10.3. The summed E-state index contributed by atoms with van der Waals surface area (Å²) < 4.78 is 21.6. The Morgan fingerprint density at radius 3 is 2.46 bits per heavy atom. The van der Waals surface area contributed by atoms with Gasteiger partial charge < -0.3 is 4.90 Å². The van der Waals surface area contributed by atoms with Gasteiger partial charge in [-0.2, -0.15) is 0 Å². The number of terminal acetylenes is 1. The highest BCUT2D eigenvalue weighted by atomic mass is 32.2. The van der Waals surface area contributed by atoms with Gasteiger partial charge in [0.15, 0.2) is 0 Å². The van der Waals surface area contributed by atoms with E-state index in [1.807, 2.05) is 11.9 Å². The summed E-state index contributed by atoms with van der Waals surface area (Å²) in [7, 11) is -0.927. The van der Waals surface area contributed by atoms with Crippen LogP contribution in [0.25, 0.3) is 0 Å². The molecule has 0 aliphatic heterocycles. The van der Waals surface area contributed by atoms with Crippen molar-refractivity contribution in [2.24, 2.45) is 0 Å². The van der Waals surface area contributed by atoms with Gasteiger partial charge in [-0.1, -0.05) is 0 Å². The quantitative estimate of drug-likeness (QED) is 0.462. The van der Waals surface area contributed by atoms with E-state index >= 15 is 0 Å². The third kappa shape index (κ3) is 9.38. The van der Waals surface area contributed by atoms with Crippen molar-refractivity contribution in [1.29, 1.82) is 0 Å². The molecule has 0 bridgehead atoms. The van der Waals surface area contributed by atoms with E-state index in [0.717, 1.165) is 19.4 Å². The largest absolute Gasteiger partial charge is 0.305 e. The minimum Gasteiger partial charge on any atom is -0.305 e. The van der Waals surface area contributed by atoms with Crippen molar-refractivity contribution in [3.05, 3.63) is 0 Å². The van der Waals surface area contributed by atoms with Gasteiger partial charge in [0.1, 0.15) is 9.84 Å². The molecule has 0 rings (SSSR count). The van der Waals surface area contributed by atoms with Crippen LogP contribution in [0, 0.1) is 12.3 Å². The molecule has 4 heteroatoms. The Morgan fingerprint density at radius 2 is 2.00 bits per heavy atom. The van der Waals surface area contributed by atoms with Gasteiger partial charge in [0.05, 0.1) is 5.75 Å². The highest BCUT2D eigenvalue weighted by molar-refractivity contribution is 7.90. The molecule has 3 nitrogen and oxygen atoms in total. The number of hydrogen-bond acceptors (Lipinski definition) is 3. The molecule has 0 aromatic carbocycles. The molecular formula is C9H17NO2S. The molecule has 0 aliphatic carbocycles. The van der Waals surface area contributed by atoms with Crippen molar-refractivity contribution < 1.29 is 8.42 Å². The van der Waals surface area contributed by atoms with Gasteiger partial charge in [-0.15, -0.1) is 12.3 Å². The van der Waals surface area contributed by atoms with Crippen LogP contribution in [-0.2, 0) is 9.84 Å². The summed E-state index contributed by atoms with van der Waals surface area (Å²) in [4.78, 5) is 1.98. The second-order valence-electron chi connectivity index (χ2n) is 3.24. The van der Waals surface area contributed by atoms with E-state index in [2.05, 4.69) is 5.92 Å². The van der Waals surface area contributed by atoms with Crippen molar-refractivity contribution in [3.8, 4) is 12.3 Å². The maximum Gasteiger partial charge on any atom is 0.148 e. The predicted octanol–water partition coefficient (Wildman–Crippen LogP) is 0.376. The van der Waals surface area contributed by atoms with E-state index in [9.17, 15) is 8.42 Å². The number of nitrogens with zero attached hydrogens (tertiary/aromatic N) is 1. The molecule has 0 heterocycles. The third-order valence-electron chi connectivity index (χ3n) is 1.70. The Hall–Kier alpha value is -0.530. The minimum absolute atomic E-state index is 0.222. The van der Waals surface area contributed by atoms with Crippen LogP contribution in [0.5, 0.6) is 0 Å². The van der Waals surface area contributed by atoms with Crippen LogP contribution >= 0.6 is 0 Å². The fraction of sp³-hybridized carbons (Fsp3) is 0.778. The molecular weight excluding hydrogens is 186 g/mol. The Balaban J connectivity index is 3.53. The molecule has 76 valence electrons.